The number of nitrogens with zero attached hydrogens (tertiary/aromatic N) is 2. The molecule has 2 amide bonds. The number of rotatable bonds is 0. The molecule has 0 aliphatic carbocycles. The van der Waals surface area contributed by atoms with Crippen LogP contribution in [0.1, 0.15) is 27.2 Å². The van der Waals surface area contributed by atoms with Gasteiger partial charge in [0.15, 0.2) is 0 Å². The first kappa shape index (κ1) is 16.4. The van der Waals surface area contributed by atoms with Gasteiger partial charge in [-0.3, -0.25) is 4.79 Å². The molecule has 1 fully saturated rings. The van der Waals surface area contributed by atoms with Crippen molar-refractivity contribution < 1.29 is 19.4 Å². The minimum atomic E-state index is -0.548. The van der Waals surface area contributed by atoms with Crippen LogP contribution in [0.3, 0.4) is 0 Å². The first-order valence-electron chi connectivity index (χ1n) is 8.10. The van der Waals surface area contributed by atoms with Crippen LogP contribution in [0.2, 0.25) is 0 Å². The lowest BCUT2D eigenvalue weighted by Crippen LogP contribution is -2.55. The Hall–Kier alpha value is -2.44. The smallest absolute Gasteiger partial charge is 0.410 e. The second kappa shape index (κ2) is 5.89. The van der Waals surface area contributed by atoms with Crippen LogP contribution in [0, 0.1) is 0 Å². The Kier molecular flexibility index (Phi) is 4.03. The second-order valence-electron chi connectivity index (χ2n) is 7.23. The maximum Gasteiger partial charge on any atom is 0.410 e. The molecule has 24 heavy (non-hydrogen) atoms. The first-order chi connectivity index (χ1) is 11.2. The van der Waals surface area contributed by atoms with Crippen LogP contribution in [0.5, 0.6) is 5.75 Å². The molecule has 2 N–H and O–H groups in total. The largest absolute Gasteiger partial charge is 0.508 e. The van der Waals surface area contributed by atoms with Crippen LogP contribution < -0.4 is 10.2 Å². The van der Waals surface area contributed by atoms with Gasteiger partial charge in [-0.25, -0.2) is 4.79 Å². The Balaban J connectivity index is 1.82. The van der Waals surface area contributed by atoms with Crippen molar-refractivity contribution in [2.75, 3.05) is 29.9 Å². The number of fused-ring (bicyclic) bond motifs is 3. The van der Waals surface area contributed by atoms with E-state index in [1.165, 1.54) is 0 Å². The van der Waals surface area contributed by atoms with Crippen molar-refractivity contribution in [1.82, 2.24) is 4.90 Å². The third-order valence-electron chi connectivity index (χ3n) is 4.12. The van der Waals surface area contributed by atoms with Crippen molar-refractivity contribution in [3.05, 3.63) is 18.2 Å². The number of ether oxygens (including phenoxy) is 1. The Morgan fingerprint density at radius 2 is 2.08 bits per heavy atom. The van der Waals surface area contributed by atoms with E-state index in [4.69, 9.17) is 4.74 Å². The molecule has 0 saturated carbocycles. The van der Waals surface area contributed by atoms with Crippen LogP contribution in [0.4, 0.5) is 16.2 Å². The molecular formula is C17H23N3O4. The maximum atomic E-state index is 12.3. The number of carbonyl (C=O) groups is 2. The molecule has 0 unspecified atom stereocenters. The van der Waals surface area contributed by atoms with Gasteiger partial charge in [-0.1, -0.05) is 0 Å². The summed E-state index contributed by atoms with van der Waals surface area (Å²) in [5.41, 5.74) is 0.925. The minimum Gasteiger partial charge on any atom is -0.508 e. The predicted octanol–water partition coefficient (Wildman–Crippen LogP) is 2.16. The second-order valence-corrected chi connectivity index (χ2v) is 7.23. The molecule has 2 heterocycles. The number of hydrogen-bond acceptors (Lipinski definition) is 5. The number of anilines is 2. The van der Waals surface area contributed by atoms with Gasteiger partial charge in [0.1, 0.15) is 11.4 Å². The zero-order chi connectivity index (χ0) is 17.5. The van der Waals surface area contributed by atoms with Gasteiger partial charge in [0.05, 0.1) is 17.4 Å². The molecule has 0 radical (unpaired) electrons. The lowest BCUT2D eigenvalue weighted by atomic mass is 10.1. The number of amides is 2. The van der Waals surface area contributed by atoms with Gasteiger partial charge in [-0.2, -0.15) is 0 Å². The van der Waals surface area contributed by atoms with E-state index in [1.807, 2.05) is 20.8 Å². The number of phenolic OH excluding ortho intramolecular Hbond substituents is 1. The summed E-state index contributed by atoms with van der Waals surface area (Å²) in [5, 5.41) is 12.6. The van der Waals surface area contributed by atoms with Crippen LogP contribution >= 0.6 is 0 Å². The van der Waals surface area contributed by atoms with Crippen molar-refractivity contribution >= 4 is 23.4 Å². The highest BCUT2D eigenvalue weighted by Crippen LogP contribution is 2.35. The number of phenols is 1. The molecule has 1 aromatic rings. The lowest BCUT2D eigenvalue weighted by molar-refractivity contribution is -0.116. The van der Waals surface area contributed by atoms with E-state index >= 15 is 0 Å². The molecule has 1 aromatic carbocycles. The van der Waals surface area contributed by atoms with Gasteiger partial charge < -0.3 is 25.0 Å². The fraction of sp³-hybridized carbons (Fsp3) is 0.529. The molecule has 3 rings (SSSR count). The van der Waals surface area contributed by atoms with Gasteiger partial charge >= 0.3 is 6.09 Å². The Labute approximate surface area is 141 Å². The van der Waals surface area contributed by atoms with Crippen LogP contribution in [0.15, 0.2) is 18.2 Å². The van der Waals surface area contributed by atoms with Crippen molar-refractivity contribution in [3.63, 3.8) is 0 Å². The highest BCUT2D eigenvalue weighted by Gasteiger charge is 2.36. The topological polar surface area (TPSA) is 82.1 Å². The van der Waals surface area contributed by atoms with E-state index in [9.17, 15) is 14.7 Å². The van der Waals surface area contributed by atoms with Gasteiger partial charge in [0, 0.05) is 32.1 Å². The Morgan fingerprint density at radius 1 is 1.33 bits per heavy atom. The van der Waals surface area contributed by atoms with Crippen molar-refractivity contribution in [1.29, 1.82) is 0 Å². The van der Waals surface area contributed by atoms with Crippen molar-refractivity contribution in [2.45, 2.75) is 38.8 Å². The fourth-order valence-corrected chi connectivity index (χ4v) is 3.12. The average Bonchev–Trinajstić information content (AvgIpc) is 2.60. The highest BCUT2D eigenvalue weighted by molar-refractivity contribution is 5.97. The first-order valence-corrected chi connectivity index (χ1v) is 8.10. The highest BCUT2D eigenvalue weighted by atomic mass is 16.6. The molecular weight excluding hydrogens is 310 g/mol. The van der Waals surface area contributed by atoms with Crippen LogP contribution in [-0.4, -0.2) is 53.3 Å². The van der Waals surface area contributed by atoms with E-state index in [2.05, 4.69) is 10.2 Å². The van der Waals surface area contributed by atoms with Gasteiger partial charge in [0.25, 0.3) is 0 Å². The summed E-state index contributed by atoms with van der Waals surface area (Å²) in [6.07, 6.45) is -0.0719. The zero-order valence-electron chi connectivity index (χ0n) is 14.2. The number of aromatic hydroxyl groups is 1. The maximum absolute atomic E-state index is 12.3. The molecule has 0 spiro atoms. The number of nitrogens with one attached hydrogen (secondary N) is 1. The summed E-state index contributed by atoms with van der Waals surface area (Å²) >= 11 is 0. The quantitative estimate of drug-likeness (QED) is 0.711. The minimum absolute atomic E-state index is 0.0968. The molecule has 1 atom stereocenters. The fourth-order valence-electron chi connectivity index (χ4n) is 3.12. The third-order valence-corrected chi connectivity index (χ3v) is 4.12. The molecule has 7 heteroatoms. The molecule has 7 nitrogen and oxygen atoms in total. The monoisotopic (exact) mass is 333 g/mol. The van der Waals surface area contributed by atoms with E-state index < -0.39 is 5.60 Å². The lowest BCUT2D eigenvalue weighted by Gasteiger charge is -2.42. The molecule has 2 aliphatic heterocycles. The third kappa shape index (κ3) is 3.39. The summed E-state index contributed by atoms with van der Waals surface area (Å²) in [5.74, 6) is 0.0544. The van der Waals surface area contributed by atoms with Gasteiger partial charge in [-0.05, 0) is 32.9 Å². The number of hydrogen-bond donors (Lipinski definition) is 2. The van der Waals surface area contributed by atoms with Crippen LogP contribution in [0.25, 0.3) is 0 Å². The Bertz CT molecular complexity index is 668. The summed E-state index contributed by atoms with van der Waals surface area (Å²) in [6, 6.07) is 4.76. The number of piperazine rings is 1. The standard InChI is InChI=1S/C17H23N3O4/c1-17(2,3)24-16(23)19-6-7-20-11(10-19)8-15(22)18-13-5-4-12(21)9-14(13)20/h4-5,9,11,21H,6-8,10H2,1-3H3,(H,18,22)/t11-/m0/s1. The van der Waals surface area contributed by atoms with E-state index in [1.54, 1.807) is 23.1 Å². The van der Waals surface area contributed by atoms with Crippen molar-refractivity contribution in [2.24, 2.45) is 0 Å². The van der Waals surface area contributed by atoms with Crippen LogP contribution in [-0.2, 0) is 9.53 Å². The number of carbonyl (C=O) groups excluding carboxylic acids is 2. The van der Waals surface area contributed by atoms with E-state index in [-0.39, 0.29) is 30.2 Å². The Morgan fingerprint density at radius 3 is 2.79 bits per heavy atom. The van der Waals surface area contributed by atoms with E-state index in [0.29, 0.717) is 25.3 Å². The molecule has 130 valence electrons. The predicted molar refractivity (Wildman–Crippen MR) is 90.3 cm³/mol. The number of benzene rings is 1. The summed E-state index contributed by atoms with van der Waals surface area (Å²) in [6.45, 7) is 7.00. The van der Waals surface area contributed by atoms with Crippen molar-refractivity contribution in [3.8, 4) is 5.75 Å². The molecule has 1 saturated heterocycles. The summed E-state index contributed by atoms with van der Waals surface area (Å²) in [7, 11) is 0. The van der Waals surface area contributed by atoms with Gasteiger partial charge in [0.2, 0.25) is 5.91 Å². The van der Waals surface area contributed by atoms with Gasteiger partial charge in [-0.15, -0.1) is 0 Å². The molecule has 0 bridgehead atoms. The summed E-state index contributed by atoms with van der Waals surface area (Å²) < 4.78 is 5.43. The summed E-state index contributed by atoms with van der Waals surface area (Å²) in [4.78, 5) is 28.2. The SMILES string of the molecule is CC(C)(C)OC(=O)N1CCN2c3cc(O)ccc3NC(=O)C[C@H]2C1. The van der Waals surface area contributed by atoms with E-state index in [0.717, 1.165) is 5.69 Å². The average molecular weight is 333 g/mol. The molecule has 2 aliphatic rings. The molecule has 0 aromatic heterocycles. The normalized spacial score (nSPS) is 20.6. The zero-order valence-corrected chi connectivity index (χ0v) is 14.2.